The van der Waals surface area contributed by atoms with Crippen LogP contribution >= 0.6 is 0 Å². The van der Waals surface area contributed by atoms with Crippen LogP contribution < -0.4 is 10.1 Å². The summed E-state index contributed by atoms with van der Waals surface area (Å²) in [6.45, 7) is 3.69. The van der Waals surface area contributed by atoms with Gasteiger partial charge in [-0.15, -0.1) is 5.10 Å². The van der Waals surface area contributed by atoms with Gasteiger partial charge < -0.3 is 20.1 Å². The fraction of sp³-hybridized carbons (Fsp3) is 0.571. The highest BCUT2D eigenvalue weighted by Gasteiger charge is 2.32. The van der Waals surface area contributed by atoms with E-state index >= 15 is 0 Å². The molecule has 2 aromatic rings. The molecule has 13 nitrogen and oxygen atoms in total. The largest absolute Gasteiger partial charge is 0.488 e. The molecule has 1 aromatic heterocycles. The molecule has 3 rings (SSSR count). The summed E-state index contributed by atoms with van der Waals surface area (Å²) < 4.78 is 32.8. The molecule has 192 valence electrons. The van der Waals surface area contributed by atoms with Crippen LogP contribution in [-0.4, -0.2) is 99.9 Å². The molecule has 0 saturated carbocycles. The van der Waals surface area contributed by atoms with E-state index in [-0.39, 0.29) is 50.4 Å². The number of tetrazole rings is 1. The summed E-state index contributed by atoms with van der Waals surface area (Å²) in [5.74, 6) is -0.380. The standard InChI is InChI=1S/C21H31N7O6S/c1-14-9-28(15(2)12-29)21(31)8-16-7-17(23-20(30)11-27-13-22-24-25-27)5-6-18(16)34-19(14)10-26(3)35(4,32)33/h5-7,13-15,19,29H,8-12H2,1-4H3,(H,23,30)/t14-,15+,19-/m0/s1. The fourth-order valence-corrected chi connectivity index (χ4v) is 4.13. The lowest BCUT2D eigenvalue weighted by Crippen LogP contribution is -2.48. The average molecular weight is 510 g/mol. The van der Waals surface area contributed by atoms with Gasteiger partial charge in [-0.25, -0.2) is 17.4 Å². The number of nitrogens with zero attached hydrogens (tertiary/aromatic N) is 6. The molecule has 3 atom stereocenters. The predicted molar refractivity (Wildman–Crippen MR) is 126 cm³/mol. The summed E-state index contributed by atoms with van der Waals surface area (Å²) >= 11 is 0. The van der Waals surface area contributed by atoms with Crippen molar-refractivity contribution >= 4 is 27.5 Å². The van der Waals surface area contributed by atoms with Gasteiger partial charge in [-0.2, -0.15) is 0 Å². The van der Waals surface area contributed by atoms with E-state index in [2.05, 4.69) is 20.8 Å². The van der Waals surface area contributed by atoms with E-state index in [1.54, 1.807) is 30.0 Å². The smallest absolute Gasteiger partial charge is 0.246 e. The number of anilines is 1. The van der Waals surface area contributed by atoms with Crippen LogP contribution in [0.25, 0.3) is 0 Å². The van der Waals surface area contributed by atoms with Gasteiger partial charge in [0.15, 0.2) is 0 Å². The summed E-state index contributed by atoms with van der Waals surface area (Å²) in [4.78, 5) is 27.1. The van der Waals surface area contributed by atoms with Crippen LogP contribution in [0.5, 0.6) is 5.75 Å². The second-order valence-corrected chi connectivity index (χ2v) is 10.9. The lowest BCUT2D eigenvalue weighted by molar-refractivity contribution is -0.134. The van der Waals surface area contributed by atoms with E-state index in [4.69, 9.17) is 4.74 Å². The normalized spacial score (nSPS) is 19.8. The highest BCUT2D eigenvalue weighted by molar-refractivity contribution is 7.88. The van der Waals surface area contributed by atoms with E-state index < -0.39 is 22.2 Å². The monoisotopic (exact) mass is 509 g/mol. The number of amides is 2. The van der Waals surface area contributed by atoms with Crippen molar-refractivity contribution in [3.63, 3.8) is 0 Å². The van der Waals surface area contributed by atoms with Crippen molar-refractivity contribution in [3.8, 4) is 5.75 Å². The molecule has 1 aliphatic rings. The highest BCUT2D eigenvalue weighted by atomic mass is 32.2. The van der Waals surface area contributed by atoms with Crippen LogP contribution in [0.3, 0.4) is 0 Å². The number of hydrogen-bond acceptors (Lipinski definition) is 9. The molecule has 14 heteroatoms. The first-order valence-electron chi connectivity index (χ1n) is 11.1. The minimum Gasteiger partial charge on any atom is -0.488 e. The minimum absolute atomic E-state index is 0.0161. The number of benzene rings is 1. The molecule has 1 aliphatic heterocycles. The SMILES string of the molecule is C[C@H](CO)N1C[C@H](C)[C@H](CN(C)S(C)(=O)=O)Oc2ccc(NC(=O)Cn3cnnn3)cc2CC1=O. The quantitative estimate of drug-likeness (QED) is 0.471. The number of ether oxygens (including phenoxy) is 1. The van der Waals surface area contributed by atoms with E-state index in [1.165, 1.54) is 22.4 Å². The van der Waals surface area contributed by atoms with Crippen molar-refractivity contribution in [1.29, 1.82) is 0 Å². The van der Waals surface area contributed by atoms with Crippen LogP contribution in [0.4, 0.5) is 5.69 Å². The average Bonchev–Trinajstić information content (AvgIpc) is 3.30. The number of nitrogens with one attached hydrogen (secondary N) is 1. The molecule has 0 bridgehead atoms. The Kier molecular flexibility index (Phi) is 8.40. The molecule has 2 heterocycles. The number of likely N-dealkylation sites (N-methyl/N-ethyl adjacent to an activating group) is 1. The number of carbonyl (C=O) groups is 2. The van der Waals surface area contributed by atoms with Crippen LogP contribution in [0.15, 0.2) is 24.5 Å². The van der Waals surface area contributed by atoms with Crippen LogP contribution in [-0.2, 0) is 32.6 Å². The third kappa shape index (κ3) is 6.96. The predicted octanol–water partition coefficient (Wildman–Crippen LogP) is -0.648. The molecule has 1 aromatic carbocycles. The van der Waals surface area contributed by atoms with E-state index in [9.17, 15) is 23.1 Å². The number of carbonyl (C=O) groups excluding carboxylic acids is 2. The van der Waals surface area contributed by atoms with Gasteiger partial charge in [0.2, 0.25) is 21.8 Å². The third-order valence-electron chi connectivity index (χ3n) is 5.90. The molecule has 0 saturated heterocycles. The Morgan fingerprint density at radius 2 is 2.14 bits per heavy atom. The van der Waals surface area contributed by atoms with Gasteiger partial charge in [-0.05, 0) is 35.5 Å². The van der Waals surface area contributed by atoms with E-state index in [0.29, 0.717) is 17.0 Å². The topological polar surface area (TPSA) is 160 Å². The molecule has 0 spiro atoms. The molecular formula is C21H31N7O6S. The molecule has 2 amide bonds. The Labute approximate surface area is 204 Å². The number of fused-ring (bicyclic) bond motifs is 1. The summed E-state index contributed by atoms with van der Waals surface area (Å²) in [7, 11) is -1.98. The molecule has 0 unspecified atom stereocenters. The van der Waals surface area contributed by atoms with Gasteiger partial charge in [-0.3, -0.25) is 9.59 Å². The zero-order chi connectivity index (χ0) is 25.8. The first-order chi connectivity index (χ1) is 16.5. The van der Waals surface area contributed by atoms with E-state index in [0.717, 1.165) is 6.26 Å². The summed E-state index contributed by atoms with van der Waals surface area (Å²) in [6.07, 6.45) is 1.86. The van der Waals surface area contributed by atoms with Crippen molar-refractivity contribution < 1.29 is 27.9 Å². The molecule has 2 N–H and O–H groups in total. The highest BCUT2D eigenvalue weighted by Crippen LogP contribution is 2.29. The van der Waals surface area contributed by atoms with E-state index in [1.807, 2.05) is 6.92 Å². The number of sulfonamides is 1. The summed E-state index contributed by atoms with van der Waals surface area (Å²) in [5.41, 5.74) is 0.989. The number of aliphatic hydroxyl groups excluding tert-OH is 1. The van der Waals surface area contributed by atoms with Crippen molar-refractivity contribution in [2.24, 2.45) is 5.92 Å². The second-order valence-electron chi connectivity index (χ2n) is 8.81. The Bertz CT molecular complexity index is 1140. The molecule has 0 aliphatic carbocycles. The maximum absolute atomic E-state index is 13.2. The number of rotatable bonds is 8. The maximum Gasteiger partial charge on any atom is 0.246 e. The van der Waals surface area contributed by atoms with Gasteiger partial charge in [0.25, 0.3) is 0 Å². The Morgan fingerprint density at radius 1 is 1.40 bits per heavy atom. The van der Waals surface area contributed by atoms with Crippen LogP contribution in [0, 0.1) is 5.92 Å². The van der Waals surface area contributed by atoms with Gasteiger partial charge in [0.05, 0.1) is 31.9 Å². The Balaban J connectivity index is 1.91. The van der Waals surface area contributed by atoms with Crippen LogP contribution in [0.1, 0.15) is 19.4 Å². The van der Waals surface area contributed by atoms with Gasteiger partial charge >= 0.3 is 0 Å². The van der Waals surface area contributed by atoms with Crippen LogP contribution in [0.2, 0.25) is 0 Å². The maximum atomic E-state index is 13.2. The zero-order valence-corrected chi connectivity index (χ0v) is 21.0. The Hall–Kier alpha value is -3.10. The first-order valence-corrected chi connectivity index (χ1v) is 12.9. The summed E-state index contributed by atoms with van der Waals surface area (Å²) in [5, 5.41) is 23.1. The number of aliphatic hydroxyl groups is 1. The number of aromatic nitrogens is 4. The summed E-state index contributed by atoms with van der Waals surface area (Å²) in [6, 6.07) is 4.52. The number of hydrogen-bond donors (Lipinski definition) is 2. The zero-order valence-electron chi connectivity index (χ0n) is 20.2. The molecule has 35 heavy (non-hydrogen) atoms. The molecule has 0 radical (unpaired) electrons. The lowest BCUT2D eigenvalue weighted by Gasteiger charge is -2.33. The van der Waals surface area contributed by atoms with Gasteiger partial charge in [0, 0.05) is 30.8 Å². The Morgan fingerprint density at radius 3 is 2.77 bits per heavy atom. The van der Waals surface area contributed by atoms with Crippen molar-refractivity contribution in [2.75, 3.05) is 38.3 Å². The first kappa shape index (κ1) is 26.5. The molecular weight excluding hydrogens is 478 g/mol. The third-order valence-corrected chi connectivity index (χ3v) is 7.18. The minimum atomic E-state index is -3.45. The second kappa shape index (κ2) is 11.1. The van der Waals surface area contributed by atoms with Gasteiger partial charge in [0.1, 0.15) is 24.7 Å². The van der Waals surface area contributed by atoms with Crippen molar-refractivity contribution in [3.05, 3.63) is 30.1 Å². The van der Waals surface area contributed by atoms with Crippen molar-refractivity contribution in [1.82, 2.24) is 29.4 Å². The fourth-order valence-electron chi connectivity index (χ4n) is 3.71. The lowest BCUT2D eigenvalue weighted by atomic mass is 10.0. The van der Waals surface area contributed by atoms with Crippen molar-refractivity contribution in [2.45, 2.75) is 39.0 Å². The molecule has 0 fully saturated rings. The van der Waals surface area contributed by atoms with Gasteiger partial charge in [-0.1, -0.05) is 6.92 Å².